The molecule has 2 aromatic carbocycles. The molecule has 0 aliphatic carbocycles. The Morgan fingerprint density at radius 2 is 1.73 bits per heavy atom. The monoisotopic (exact) mass is 349 g/mol. The van der Waals surface area contributed by atoms with Crippen LogP contribution in [0.1, 0.15) is 30.3 Å². The van der Waals surface area contributed by atoms with Crippen LogP contribution in [0, 0.1) is 5.92 Å². The number of para-hydroxylation sites is 2. The Balaban J connectivity index is 1.32. The number of benzene rings is 2. The SMILES string of the molecule is Cn1c(CCN2CCC(C(O)c3ccccc3)CC2)nc2ccccc21. The van der Waals surface area contributed by atoms with E-state index in [-0.39, 0.29) is 6.10 Å². The van der Waals surface area contributed by atoms with Crippen molar-refractivity contribution < 1.29 is 5.11 Å². The number of likely N-dealkylation sites (tertiary alicyclic amines) is 1. The summed E-state index contributed by atoms with van der Waals surface area (Å²) in [6.07, 6.45) is 2.74. The number of rotatable bonds is 5. The molecule has 0 spiro atoms. The highest BCUT2D eigenvalue weighted by Crippen LogP contribution is 2.30. The topological polar surface area (TPSA) is 41.3 Å². The minimum atomic E-state index is -0.335. The van der Waals surface area contributed by atoms with Gasteiger partial charge in [0.1, 0.15) is 5.82 Å². The number of fused-ring (bicyclic) bond motifs is 1. The number of hydrogen-bond donors (Lipinski definition) is 1. The van der Waals surface area contributed by atoms with E-state index in [0.717, 1.165) is 55.8 Å². The molecule has 1 aliphatic rings. The molecule has 26 heavy (non-hydrogen) atoms. The van der Waals surface area contributed by atoms with Gasteiger partial charge in [0.05, 0.1) is 17.1 Å². The van der Waals surface area contributed by atoms with Gasteiger partial charge in [-0.2, -0.15) is 0 Å². The summed E-state index contributed by atoms with van der Waals surface area (Å²) in [6.45, 7) is 3.14. The summed E-state index contributed by atoms with van der Waals surface area (Å²) in [6, 6.07) is 18.4. The molecule has 1 aromatic heterocycles. The lowest BCUT2D eigenvalue weighted by molar-refractivity contribution is 0.0590. The third kappa shape index (κ3) is 3.53. The molecular weight excluding hydrogens is 322 g/mol. The van der Waals surface area contributed by atoms with E-state index < -0.39 is 0 Å². The van der Waals surface area contributed by atoms with Gasteiger partial charge in [0.2, 0.25) is 0 Å². The number of aromatic nitrogens is 2. The molecule has 0 radical (unpaired) electrons. The molecule has 0 bridgehead atoms. The molecule has 1 atom stereocenters. The Morgan fingerprint density at radius 3 is 2.46 bits per heavy atom. The number of aryl methyl sites for hydroxylation is 1. The fraction of sp³-hybridized carbons (Fsp3) is 0.409. The zero-order chi connectivity index (χ0) is 17.9. The number of aliphatic hydroxyl groups is 1. The van der Waals surface area contributed by atoms with Crippen LogP contribution in [0.2, 0.25) is 0 Å². The van der Waals surface area contributed by atoms with Crippen LogP contribution < -0.4 is 0 Å². The van der Waals surface area contributed by atoms with Crippen molar-refractivity contribution in [2.75, 3.05) is 19.6 Å². The lowest BCUT2D eigenvalue weighted by atomic mass is 9.87. The van der Waals surface area contributed by atoms with Crippen LogP contribution in [0.3, 0.4) is 0 Å². The molecule has 1 unspecified atom stereocenters. The van der Waals surface area contributed by atoms with Crippen LogP contribution in [-0.2, 0) is 13.5 Å². The molecular formula is C22H27N3O. The molecule has 4 nitrogen and oxygen atoms in total. The van der Waals surface area contributed by atoms with Gasteiger partial charge in [-0.15, -0.1) is 0 Å². The van der Waals surface area contributed by atoms with Gasteiger partial charge in [0.15, 0.2) is 0 Å². The van der Waals surface area contributed by atoms with Gasteiger partial charge in [0.25, 0.3) is 0 Å². The first-order chi connectivity index (χ1) is 12.7. The molecule has 0 saturated carbocycles. The zero-order valence-corrected chi connectivity index (χ0v) is 15.4. The maximum absolute atomic E-state index is 10.6. The summed E-state index contributed by atoms with van der Waals surface area (Å²) in [5, 5.41) is 10.6. The van der Waals surface area contributed by atoms with E-state index in [9.17, 15) is 5.11 Å². The van der Waals surface area contributed by atoms with E-state index in [1.54, 1.807) is 0 Å². The van der Waals surface area contributed by atoms with E-state index in [0.29, 0.717) is 5.92 Å². The van der Waals surface area contributed by atoms with E-state index >= 15 is 0 Å². The lowest BCUT2D eigenvalue weighted by Gasteiger charge is -2.34. The Bertz CT molecular complexity index is 850. The number of hydrogen-bond acceptors (Lipinski definition) is 3. The van der Waals surface area contributed by atoms with Crippen LogP contribution in [0.25, 0.3) is 11.0 Å². The summed E-state index contributed by atoms with van der Waals surface area (Å²) in [5.41, 5.74) is 3.33. The number of aliphatic hydroxyl groups excluding tert-OH is 1. The smallest absolute Gasteiger partial charge is 0.110 e. The van der Waals surface area contributed by atoms with Crippen LogP contribution in [0.5, 0.6) is 0 Å². The second-order valence-electron chi connectivity index (χ2n) is 7.36. The minimum absolute atomic E-state index is 0.335. The predicted molar refractivity (Wildman–Crippen MR) is 105 cm³/mol. The van der Waals surface area contributed by atoms with Crippen molar-refractivity contribution in [3.63, 3.8) is 0 Å². The van der Waals surface area contributed by atoms with Crippen molar-refractivity contribution in [3.8, 4) is 0 Å². The van der Waals surface area contributed by atoms with Crippen LogP contribution in [0.15, 0.2) is 54.6 Å². The zero-order valence-electron chi connectivity index (χ0n) is 15.4. The Kier molecular flexibility index (Phi) is 5.05. The second kappa shape index (κ2) is 7.60. The van der Waals surface area contributed by atoms with Gasteiger partial charge < -0.3 is 14.6 Å². The molecule has 4 rings (SSSR count). The first kappa shape index (κ1) is 17.3. The van der Waals surface area contributed by atoms with Crippen LogP contribution in [0.4, 0.5) is 0 Å². The largest absolute Gasteiger partial charge is 0.388 e. The van der Waals surface area contributed by atoms with E-state index in [1.165, 1.54) is 5.52 Å². The molecule has 136 valence electrons. The maximum atomic E-state index is 10.6. The number of imidazole rings is 1. The first-order valence-corrected chi connectivity index (χ1v) is 9.58. The van der Waals surface area contributed by atoms with Gasteiger partial charge in [-0.05, 0) is 49.5 Å². The van der Waals surface area contributed by atoms with Crippen molar-refractivity contribution in [2.45, 2.75) is 25.4 Å². The van der Waals surface area contributed by atoms with E-state index in [4.69, 9.17) is 4.98 Å². The predicted octanol–water partition coefficient (Wildman–Crippen LogP) is 3.56. The highest BCUT2D eigenvalue weighted by molar-refractivity contribution is 5.75. The summed E-state index contributed by atoms with van der Waals surface area (Å²) in [7, 11) is 2.10. The summed E-state index contributed by atoms with van der Waals surface area (Å²) >= 11 is 0. The maximum Gasteiger partial charge on any atom is 0.110 e. The minimum Gasteiger partial charge on any atom is -0.388 e. The molecule has 1 N–H and O–H groups in total. The van der Waals surface area contributed by atoms with Crippen LogP contribution >= 0.6 is 0 Å². The van der Waals surface area contributed by atoms with E-state index in [2.05, 4.69) is 34.7 Å². The molecule has 0 amide bonds. The number of nitrogens with zero attached hydrogens (tertiary/aromatic N) is 3. The first-order valence-electron chi connectivity index (χ1n) is 9.58. The quantitative estimate of drug-likeness (QED) is 0.766. The Labute approximate surface area is 155 Å². The molecule has 2 heterocycles. The Morgan fingerprint density at radius 1 is 1.04 bits per heavy atom. The van der Waals surface area contributed by atoms with Gasteiger partial charge in [-0.3, -0.25) is 0 Å². The van der Waals surface area contributed by atoms with Crippen LogP contribution in [-0.4, -0.2) is 39.2 Å². The van der Waals surface area contributed by atoms with Gasteiger partial charge in [-0.1, -0.05) is 42.5 Å². The summed E-state index contributed by atoms with van der Waals surface area (Å²) < 4.78 is 2.21. The molecule has 4 heteroatoms. The molecule has 1 aliphatic heterocycles. The average Bonchev–Trinajstić information content (AvgIpc) is 3.03. The van der Waals surface area contributed by atoms with Gasteiger partial charge in [-0.25, -0.2) is 4.98 Å². The third-order valence-corrected chi connectivity index (χ3v) is 5.75. The van der Waals surface area contributed by atoms with Crippen molar-refractivity contribution >= 4 is 11.0 Å². The standard InChI is InChI=1S/C22H27N3O/c1-24-20-10-6-5-9-19(20)23-21(24)13-16-25-14-11-18(12-15-25)22(26)17-7-3-2-4-8-17/h2-10,18,22,26H,11-16H2,1H3. The van der Waals surface area contributed by atoms with Crippen molar-refractivity contribution in [3.05, 3.63) is 66.0 Å². The normalized spacial score (nSPS) is 17.6. The van der Waals surface area contributed by atoms with Crippen molar-refractivity contribution in [1.29, 1.82) is 0 Å². The average molecular weight is 349 g/mol. The third-order valence-electron chi connectivity index (χ3n) is 5.75. The molecule has 3 aromatic rings. The lowest BCUT2D eigenvalue weighted by Crippen LogP contribution is -2.37. The highest BCUT2D eigenvalue weighted by atomic mass is 16.3. The second-order valence-corrected chi connectivity index (χ2v) is 7.36. The fourth-order valence-electron chi connectivity index (χ4n) is 4.09. The van der Waals surface area contributed by atoms with Gasteiger partial charge >= 0.3 is 0 Å². The highest BCUT2D eigenvalue weighted by Gasteiger charge is 2.26. The fourth-order valence-corrected chi connectivity index (χ4v) is 4.09. The van der Waals surface area contributed by atoms with E-state index in [1.807, 2.05) is 36.4 Å². The van der Waals surface area contributed by atoms with Crippen molar-refractivity contribution in [2.24, 2.45) is 13.0 Å². The summed E-state index contributed by atoms with van der Waals surface area (Å²) in [4.78, 5) is 7.28. The molecule has 1 saturated heterocycles. The molecule has 1 fully saturated rings. The Hall–Kier alpha value is -2.17. The summed E-state index contributed by atoms with van der Waals surface area (Å²) in [5.74, 6) is 1.52. The number of piperidine rings is 1. The van der Waals surface area contributed by atoms with Gasteiger partial charge in [0, 0.05) is 20.0 Å². The van der Waals surface area contributed by atoms with Crippen molar-refractivity contribution in [1.82, 2.24) is 14.5 Å².